The maximum Gasteiger partial charge on any atom is 1.00 e. The Morgan fingerprint density at radius 2 is 1.07 bits per heavy atom. The van der Waals surface area contributed by atoms with E-state index in [1.54, 1.807) is 10.9 Å². The molecule has 3 aromatic carbocycles. The van der Waals surface area contributed by atoms with E-state index in [2.05, 4.69) is 114 Å². The minimum absolute atomic E-state index is 0. The molecule has 1 heterocycles. The Morgan fingerprint density at radius 3 is 1.30 bits per heavy atom. The molecule has 27 heavy (non-hydrogen) atoms. The standard InChI is InChI=1S/C18H15P.C3H5N3S.Au/c1-4-10-16(11-5-1)19(17-12-6-2-7-13-17)18-14-8-3-9-15-18;1-6-2-4-5-3(6)7;/h1-15H;2H,1H3,(H,5,7);/q;;+1. The molecule has 0 radical (unpaired) electrons. The molecule has 0 aliphatic heterocycles. The van der Waals surface area contributed by atoms with Crippen molar-refractivity contribution < 1.29 is 22.4 Å². The zero-order valence-electron chi connectivity index (χ0n) is 14.8. The van der Waals surface area contributed by atoms with Gasteiger partial charge in [-0.2, -0.15) is 5.10 Å². The van der Waals surface area contributed by atoms with Gasteiger partial charge in [-0.25, -0.2) is 0 Å². The number of benzene rings is 3. The van der Waals surface area contributed by atoms with Gasteiger partial charge in [0.15, 0.2) is 0 Å². The summed E-state index contributed by atoms with van der Waals surface area (Å²) in [5.41, 5.74) is 0. The molecule has 0 atom stereocenters. The minimum atomic E-state index is -0.877. The molecule has 0 aliphatic rings. The van der Waals surface area contributed by atoms with Crippen molar-refractivity contribution in [3.63, 3.8) is 0 Å². The summed E-state index contributed by atoms with van der Waals surface area (Å²) in [5, 5.41) is 11.9. The van der Waals surface area contributed by atoms with Crippen LogP contribution in [0.15, 0.2) is 102 Å². The summed E-state index contributed by atoms with van der Waals surface area (Å²) in [6, 6.07) is 32.5. The molecule has 4 rings (SSSR count). The first-order chi connectivity index (χ1) is 12.8. The summed E-state index contributed by atoms with van der Waals surface area (Å²) in [4.78, 5) is 0. The number of hydrogen-bond acceptors (Lipinski definition) is 3. The zero-order valence-corrected chi connectivity index (χ0v) is 18.8. The van der Waals surface area contributed by atoms with Gasteiger partial charge < -0.3 is 17.2 Å². The van der Waals surface area contributed by atoms with Crippen LogP contribution < -0.4 is 15.9 Å². The maximum absolute atomic E-state index is 4.68. The third-order valence-corrected chi connectivity index (χ3v) is 6.96. The van der Waals surface area contributed by atoms with Crippen LogP contribution in [0.1, 0.15) is 0 Å². The SMILES string of the molecule is Cn1cnnc1[S-].[Au+].c1ccc([PH+](c2ccccc2)c2ccccc2)cc1. The first-order valence-electron chi connectivity index (χ1n) is 8.30. The van der Waals surface area contributed by atoms with E-state index < -0.39 is 7.92 Å². The predicted octanol–water partition coefficient (Wildman–Crippen LogP) is 2.90. The van der Waals surface area contributed by atoms with Crippen LogP contribution in [-0.2, 0) is 42.1 Å². The Balaban J connectivity index is 0.000000278. The van der Waals surface area contributed by atoms with E-state index in [9.17, 15) is 0 Å². The molecule has 0 fully saturated rings. The van der Waals surface area contributed by atoms with Crippen LogP contribution in [0.2, 0.25) is 0 Å². The Bertz CT molecular complexity index is 807. The summed E-state index contributed by atoms with van der Waals surface area (Å²) in [6.45, 7) is 0. The van der Waals surface area contributed by atoms with Crippen molar-refractivity contribution in [2.75, 3.05) is 0 Å². The van der Waals surface area contributed by atoms with Gasteiger partial charge >= 0.3 is 22.4 Å². The average molecular weight is 574 g/mol. The molecule has 0 bridgehead atoms. The third-order valence-electron chi connectivity index (χ3n) is 3.86. The van der Waals surface area contributed by atoms with E-state index in [1.807, 2.05) is 7.05 Å². The Labute approximate surface area is 182 Å². The molecule has 4 aromatic rings. The zero-order chi connectivity index (χ0) is 18.2. The van der Waals surface area contributed by atoms with Crippen LogP contribution >= 0.6 is 7.92 Å². The summed E-state index contributed by atoms with van der Waals surface area (Å²) in [6.07, 6.45) is 1.57. The van der Waals surface area contributed by atoms with Crippen molar-refractivity contribution in [2.24, 2.45) is 7.05 Å². The third kappa shape index (κ3) is 6.10. The quantitative estimate of drug-likeness (QED) is 0.214. The number of rotatable bonds is 3. The molecular formula is C21H20AuN3PS+. The predicted molar refractivity (Wildman–Crippen MR) is 113 cm³/mol. The van der Waals surface area contributed by atoms with Crippen molar-refractivity contribution >= 4 is 36.5 Å². The fourth-order valence-electron chi connectivity index (χ4n) is 2.59. The molecule has 0 N–H and O–H groups in total. The first-order valence-corrected chi connectivity index (χ1v) is 10.2. The summed E-state index contributed by atoms with van der Waals surface area (Å²) >= 11 is 4.68. The van der Waals surface area contributed by atoms with Crippen molar-refractivity contribution in [1.82, 2.24) is 14.8 Å². The number of nitrogens with zero attached hydrogens (tertiary/aromatic N) is 3. The van der Waals surface area contributed by atoms with Gasteiger partial charge in [0.2, 0.25) is 0 Å². The maximum atomic E-state index is 4.68. The van der Waals surface area contributed by atoms with E-state index in [0.717, 1.165) is 0 Å². The van der Waals surface area contributed by atoms with Crippen LogP contribution in [0.5, 0.6) is 0 Å². The van der Waals surface area contributed by atoms with Gasteiger partial charge in [-0.15, -0.1) is 5.10 Å². The molecule has 0 spiro atoms. The van der Waals surface area contributed by atoms with Crippen LogP contribution in [0.3, 0.4) is 0 Å². The van der Waals surface area contributed by atoms with Crippen LogP contribution in [0, 0.1) is 0 Å². The molecule has 0 unspecified atom stereocenters. The fraction of sp³-hybridized carbons (Fsp3) is 0.0476. The second-order valence-electron chi connectivity index (χ2n) is 5.70. The van der Waals surface area contributed by atoms with Crippen molar-refractivity contribution in [3.05, 3.63) is 97.3 Å². The van der Waals surface area contributed by atoms with E-state index in [4.69, 9.17) is 0 Å². The Kier molecular flexibility index (Phi) is 8.86. The normalized spacial score (nSPS) is 9.85. The molecule has 140 valence electrons. The minimum Gasteiger partial charge on any atom is -0.740 e. The first kappa shape index (κ1) is 21.5. The van der Waals surface area contributed by atoms with Gasteiger partial charge in [-0.1, -0.05) is 54.6 Å². The molecular weight excluding hydrogens is 554 g/mol. The van der Waals surface area contributed by atoms with Gasteiger partial charge in [0.05, 0.1) is 7.92 Å². The number of hydrogen-bond donors (Lipinski definition) is 0. The van der Waals surface area contributed by atoms with Gasteiger partial charge in [0.1, 0.15) is 22.2 Å². The molecule has 0 amide bonds. The van der Waals surface area contributed by atoms with Crippen molar-refractivity contribution in [2.45, 2.75) is 5.16 Å². The molecule has 0 saturated carbocycles. The molecule has 1 aromatic heterocycles. The monoisotopic (exact) mass is 574 g/mol. The fourth-order valence-corrected chi connectivity index (χ4v) is 5.26. The molecule has 3 nitrogen and oxygen atoms in total. The van der Waals surface area contributed by atoms with Crippen LogP contribution in [0.4, 0.5) is 0 Å². The molecule has 0 aliphatic carbocycles. The Hall–Kier alpha value is -1.81. The topological polar surface area (TPSA) is 30.7 Å². The van der Waals surface area contributed by atoms with E-state index in [-0.39, 0.29) is 22.4 Å². The van der Waals surface area contributed by atoms with Gasteiger partial charge in [0.25, 0.3) is 0 Å². The number of aromatic nitrogens is 3. The van der Waals surface area contributed by atoms with Crippen molar-refractivity contribution in [3.8, 4) is 0 Å². The van der Waals surface area contributed by atoms with Crippen molar-refractivity contribution in [1.29, 1.82) is 0 Å². The van der Waals surface area contributed by atoms with Gasteiger partial charge in [-0.05, 0) is 36.4 Å². The second kappa shape index (κ2) is 11.1. The molecule has 6 heteroatoms. The largest absolute Gasteiger partial charge is 1.00 e. The number of aryl methyl sites for hydroxylation is 1. The summed E-state index contributed by atoms with van der Waals surface area (Å²) in [7, 11) is 0.931. The smallest absolute Gasteiger partial charge is 0.740 e. The molecule has 0 saturated heterocycles. The Morgan fingerprint density at radius 1 is 0.704 bits per heavy atom. The summed E-state index contributed by atoms with van der Waals surface area (Å²) < 4.78 is 1.68. The van der Waals surface area contributed by atoms with Gasteiger partial charge in [0, 0.05) is 12.2 Å². The average Bonchev–Trinajstić information content (AvgIpc) is 3.08. The second-order valence-corrected chi connectivity index (χ2v) is 8.54. The summed E-state index contributed by atoms with van der Waals surface area (Å²) in [5.74, 6) is 0. The van der Waals surface area contributed by atoms with E-state index in [1.165, 1.54) is 15.9 Å². The van der Waals surface area contributed by atoms with E-state index in [0.29, 0.717) is 5.16 Å². The van der Waals surface area contributed by atoms with Crippen LogP contribution in [0.25, 0.3) is 0 Å². The van der Waals surface area contributed by atoms with Crippen LogP contribution in [-0.4, -0.2) is 14.8 Å². The van der Waals surface area contributed by atoms with Gasteiger partial charge in [-0.3, -0.25) is 0 Å². The van der Waals surface area contributed by atoms with E-state index >= 15 is 0 Å².